The Morgan fingerprint density at radius 3 is 2.62 bits per heavy atom. The van der Waals surface area contributed by atoms with E-state index in [1.54, 1.807) is 42.3 Å². The van der Waals surface area contributed by atoms with Crippen LogP contribution in [-0.4, -0.2) is 42.4 Å². The molecule has 2 amide bonds. The van der Waals surface area contributed by atoms with E-state index in [1.165, 1.54) is 0 Å². The summed E-state index contributed by atoms with van der Waals surface area (Å²) in [5.41, 5.74) is 8.29. The molecule has 178 valence electrons. The molecule has 1 aromatic carbocycles. The van der Waals surface area contributed by atoms with E-state index in [2.05, 4.69) is 22.9 Å². The zero-order valence-electron chi connectivity index (χ0n) is 19.0. The van der Waals surface area contributed by atoms with E-state index in [-0.39, 0.29) is 49.9 Å². The van der Waals surface area contributed by atoms with Crippen LogP contribution >= 0.6 is 0 Å². The lowest BCUT2D eigenvalue weighted by Gasteiger charge is -2.26. The van der Waals surface area contributed by atoms with Crippen LogP contribution in [-0.2, 0) is 4.79 Å². The fourth-order valence-corrected chi connectivity index (χ4v) is 3.93. The van der Waals surface area contributed by atoms with Crippen LogP contribution in [0.1, 0.15) is 47.2 Å². The third-order valence-corrected chi connectivity index (χ3v) is 5.95. The third-order valence-electron chi connectivity index (χ3n) is 5.95. The van der Waals surface area contributed by atoms with Crippen LogP contribution < -0.4 is 16.0 Å². The number of pyridine rings is 1. The van der Waals surface area contributed by atoms with Gasteiger partial charge in [-0.3, -0.25) is 9.59 Å². The number of anilines is 1. The number of benzene rings is 1. The highest BCUT2D eigenvalue weighted by Gasteiger charge is 2.33. The molecule has 1 saturated heterocycles. The Bertz CT molecular complexity index is 1140. The molecular weight excluding hydrogens is 440 g/mol. The molecule has 1 aliphatic rings. The van der Waals surface area contributed by atoms with E-state index in [0.29, 0.717) is 29.1 Å². The summed E-state index contributed by atoms with van der Waals surface area (Å²) in [6.45, 7) is 5.94. The number of halogens is 2. The lowest BCUT2D eigenvalue weighted by Crippen LogP contribution is -2.33. The van der Waals surface area contributed by atoms with Gasteiger partial charge in [0.1, 0.15) is 5.82 Å². The number of nitrogens with one attached hydrogen (secondary N) is 1. The topological polar surface area (TPSA) is 112 Å². The van der Waals surface area contributed by atoms with Crippen molar-refractivity contribution < 1.29 is 18.4 Å². The number of carbonyl (C=O) groups is 2. The van der Waals surface area contributed by atoms with Gasteiger partial charge in [-0.1, -0.05) is 18.7 Å². The third kappa shape index (κ3) is 5.76. The molecule has 0 spiro atoms. The number of nitriles is 1. The zero-order chi connectivity index (χ0) is 24.9. The van der Waals surface area contributed by atoms with Gasteiger partial charge in [-0.15, -0.1) is 0 Å². The molecule has 0 aliphatic carbocycles. The van der Waals surface area contributed by atoms with Crippen molar-refractivity contribution in [3.05, 3.63) is 59.3 Å². The number of nitrogens with two attached hydrogens (primary N) is 1. The maximum Gasteiger partial charge on any atom is 0.255 e. The van der Waals surface area contributed by atoms with Crippen LogP contribution in [0.3, 0.4) is 0 Å². The number of amides is 2. The van der Waals surface area contributed by atoms with Crippen molar-refractivity contribution in [3.8, 4) is 17.2 Å². The number of carbonyl (C=O) groups excluding carboxylic acids is 2. The molecule has 1 fully saturated rings. The molecule has 9 heteroatoms. The summed E-state index contributed by atoms with van der Waals surface area (Å²) >= 11 is 0. The van der Waals surface area contributed by atoms with Gasteiger partial charge in [-0.2, -0.15) is 5.26 Å². The first-order valence-corrected chi connectivity index (χ1v) is 11.0. The molecule has 1 aliphatic heterocycles. The van der Waals surface area contributed by atoms with Gasteiger partial charge in [0.2, 0.25) is 11.8 Å². The molecule has 0 atom stereocenters. The Kier molecular flexibility index (Phi) is 7.61. The first-order valence-electron chi connectivity index (χ1n) is 11.0. The van der Waals surface area contributed by atoms with E-state index in [1.807, 2.05) is 0 Å². The van der Waals surface area contributed by atoms with Crippen LogP contribution in [0.25, 0.3) is 11.1 Å². The van der Waals surface area contributed by atoms with E-state index in [4.69, 9.17) is 11.0 Å². The highest BCUT2D eigenvalue weighted by molar-refractivity contribution is 6.02. The standard InChI is InChI=1S/C25H27F2N5O2/c1-16(22(29)33)8-11-30-24(34)21-17(2)20(19-6-4-18(14-28)5-7-19)15-31-23(21)32-12-3-9-25(26,27)10-13-32/h4-7,15H,1,3,8-13H2,2H3,(H2,29,33)(H,30,34). The summed E-state index contributed by atoms with van der Waals surface area (Å²) < 4.78 is 27.9. The maximum atomic E-state index is 14.0. The highest BCUT2D eigenvalue weighted by atomic mass is 19.3. The Hall–Kier alpha value is -3.80. The van der Waals surface area contributed by atoms with Crippen LogP contribution in [0.4, 0.5) is 14.6 Å². The van der Waals surface area contributed by atoms with Gasteiger partial charge in [0.25, 0.3) is 5.91 Å². The van der Waals surface area contributed by atoms with E-state index >= 15 is 0 Å². The lowest BCUT2D eigenvalue weighted by atomic mass is 9.97. The normalized spacial score (nSPS) is 15.2. The van der Waals surface area contributed by atoms with Crippen LogP contribution in [0, 0.1) is 18.3 Å². The summed E-state index contributed by atoms with van der Waals surface area (Å²) in [5.74, 6) is -3.47. The van der Waals surface area contributed by atoms with Crippen LogP contribution in [0.15, 0.2) is 42.6 Å². The SMILES string of the molecule is C=C(CCNC(=O)c1c(N2CCCC(F)(F)CC2)ncc(-c2ccc(C#N)cc2)c1C)C(N)=O. The van der Waals surface area contributed by atoms with Crippen LogP contribution in [0.2, 0.25) is 0 Å². The van der Waals surface area contributed by atoms with Crippen LogP contribution in [0.5, 0.6) is 0 Å². The first-order chi connectivity index (χ1) is 16.1. The maximum absolute atomic E-state index is 14.0. The smallest absolute Gasteiger partial charge is 0.255 e. The molecular formula is C25H27F2N5O2. The van der Waals surface area contributed by atoms with E-state index in [0.717, 1.165) is 5.56 Å². The molecule has 0 unspecified atom stereocenters. The number of primary amides is 1. The van der Waals surface area contributed by atoms with Gasteiger partial charge in [-0.25, -0.2) is 13.8 Å². The van der Waals surface area contributed by atoms with Crippen molar-refractivity contribution in [2.75, 3.05) is 24.5 Å². The Morgan fingerprint density at radius 1 is 1.26 bits per heavy atom. The van der Waals surface area contributed by atoms with Gasteiger partial charge in [-0.05, 0) is 43.0 Å². The molecule has 2 aromatic rings. The summed E-state index contributed by atoms with van der Waals surface area (Å²) in [6, 6.07) is 8.96. The number of hydrogen-bond donors (Lipinski definition) is 2. The lowest BCUT2D eigenvalue weighted by molar-refractivity contribution is -0.114. The molecule has 3 rings (SSSR count). The van der Waals surface area contributed by atoms with Gasteiger partial charge < -0.3 is 16.0 Å². The molecule has 3 N–H and O–H groups in total. The van der Waals surface area contributed by atoms with Gasteiger partial charge in [0.15, 0.2) is 0 Å². The van der Waals surface area contributed by atoms with Gasteiger partial charge in [0.05, 0.1) is 17.2 Å². The number of alkyl halides is 2. The average Bonchev–Trinajstić information content (AvgIpc) is 2.99. The fraction of sp³-hybridized carbons (Fsp3) is 0.360. The average molecular weight is 468 g/mol. The monoisotopic (exact) mass is 467 g/mol. The minimum absolute atomic E-state index is 0.0778. The van der Waals surface area contributed by atoms with Crippen molar-refractivity contribution in [1.29, 1.82) is 5.26 Å². The quantitative estimate of drug-likeness (QED) is 0.603. The van der Waals surface area contributed by atoms with Crippen molar-refractivity contribution in [2.45, 2.75) is 38.5 Å². The summed E-state index contributed by atoms with van der Waals surface area (Å²) in [6.07, 6.45) is 1.58. The predicted molar refractivity (Wildman–Crippen MR) is 125 cm³/mol. The number of nitrogens with zero attached hydrogens (tertiary/aromatic N) is 3. The van der Waals surface area contributed by atoms with E-state index in [9.17, 15) is 18.4 Å². The summed E-state index contributed by atoms with van der Waals surface area (Å²) in [7, 11) is 0. The molecule has 0 saturated carbocycles. The first kappa shape index (κ1) is 24.8. The van der Waals surface area contributed by atoms with Gasteiger partial charge in [0, 0.05) is 49.8 Å². The van der Waals surface area contributed by atoms with Crippen molar-refractivity contribution in [3.63, 3.8) is 0 Å². The van der Waals surface area contributed by atoms with Crippen molar-refractivity contribution in [2.24, 2.45) is 5.73 Å². The van der Waals surface area contributed by atoms with Gasteiger partial charge >= 0.3 is 0 Å². The van der Waals surface area contributed by atoms with E-state index < -0.39 is 17.7 Å². The number of rotatable bonds is 7. The predicted octanol–water partition coefficient (Wildman–Crippen LogP) is 3.72. The van der Waals surface area contributed by atoms with Crippen molar-refractivity contribution >= 4 is 17.6 Å². The second-order valence-electron chi connectivity index (χ2n) is 8.35. The second-order valence-corrected chi connectivity index (χ2v) is 8.35. The summed E-state index contributed by atoms with van der Waals surface area (Å²) in [4.78, 5) is 30.7. The summed E-state index contributed by atoms with van der Waals surface area (Å²) in [5, 5.41) is 11.8. The molecule has 2 heterocycles. The molecule has 7 nitrogen and oxygen atoms in total. The molecule has 0 bridgehead atoms. The largest absolute Gasteiger partial charge is 0.366 e. The number of aromatic nitrogens is 1. The molecule has 1 aromatic heterocycles. The molecule has 34 heavy (non-hydrogen) atoms. The zero-order valence-corrected chi connectivity index (χ0v) is 19.0. The Morgan fingerprint density at radius 2 is 1.97 bits per heavy atom. The Balaban J connectivity index is 1.98. The molecule has 0 radical (unpaired) electrons. The Labute approximate surface area is 197 Å². The minimum Gasteiger partial charge on any atom is -0.366 e. The highest BCUT2D eigenvalue weighted by Crippen LogP contribution is 2.34. The van der Waals surface area contributed by atoms with Crippen molar-refractivity contribution in [1.82, 2.24) is 10.3 Å². The fourth-order valence-electron chi connectivity index (χ4n) is 3.93. The number of hydrogen-bond acceptors (Lipinski definition) is 5. The second kappa shape index (κ2) is 10.4. The minimum atomic E-state index is -2.75.